The van der Waals surface area contributed by atoms with Crippen molar-refractivity contribution >= 4 is 27.7 Å². The van der Waals surface area contributed by atoms with Crippen molar-refractivity contribution in [1.82, 2.24) is 0 Å². The average molecular weight is 345 g/mol. The number of aliphatic hydroxyl groups excluding tert-OH is 1. The van der Waals surface area contributed by atoms with Gasteiger partial charge in [-0.05, 0) is 52.0 Å². The number of aliphatic hydroxyl groups is 1. The molecule has 0 aliphatic heterocycles. The molecule has 1 atom stereocenters. The summed E-state index contributed by atoms with van der Waals surface area (Å²) in [4.78, 5) is 1.04. The molecule has 5 heteroatoms. The third-order valence-electron chi connectivity index (χ3n) is 2.77. The lowest BCUT2D eigenvalue weighted by Gasteiger charge is -2.13. The maximum absolute atomic E-state index is 13.8. The Morgan fingerprint density at radius 3 is 2.32 bits per heavy atom. The Morgan fingerprint density at radius 2 is 1.74 bits per heavy atom. The Labute approximate surface area is 122 Å². The fourth-order valence-electron chi connectivity index (χ4n) is 1.71. The maximum Gasteiger partial charge on any atom is 0.137 e. The highest BCUT2D eigenvalue weighted by atomic mass is 79.9. The predicted molar refractivity (Wildman–Crippen MR) is 76.3 cm³/mol. The fourth-order valence-corrected chi connectivity index (χ4v) is 2.44. The Hall–Kier alpha value is -0.910. The zero-order valence-electron chi connectivity index (χ0n) is 10.0. The Bertz CT molecular complexity index is 587. The SMILES string of the molecule is CSc1ccc(C(O)c2cc(F)c(Br)cc2F)cc1. The first kappa shape index (κ1) is 14.5. The molecule has 0 aliphatic carbocycles. The van der Waals surface area contributed by atoms with Gasteiger partial charge in [0.1, 0.15) is 17.7 Å². The molecule has 0 bridgehead atoms. The molecule has 2 aromatic rings. The van der Waals surface area contributed by atoms with E-state index in [-0.39, 0.29) is 10.0 Å². The zero-order valence-corrected chi connectivity index (χ0v) is 12.4. The highest BCUT2D eigenvalue weighted by Crippen LogP contribution is 2.29. The summed E-state index contributed by atoms with van der Waals surface area (Å²) in [5, 5.41) is 10.1. The first-order chi connectivity index (χ1) is 9.02. The molecule has 0 fully saturated rings. The third-order valence-corrected chi connectivity index (χ3v) is 4.12. The van der Waals surface area contributed by atoms with E-state index in [1.165, 1.54) is 0 Å². The minimum Gasteiger partial charge on any atom is -0.384 e. The summed E-state index contributed by atoms with van der Waals surface area (Å²) in [7, 11) is 0. The van der Waals surface area contributed by atoms with Crippen LogP contribution in [0.25, 0.3) is 0 Å². The second kappa shape index (κ2) is 6.03. The number of benzene rings is 2. The van der Waals surface area contributed by atoms with E-state index >= 15 is 0 Å². The normalized spacial score (nSPS) is 12.5. The van der Waals surface area contributed by atoms with Gasteiger partial charge in [0, 0.05) is 10.5 Å². The summed E-state index contributed by atoms with van der Waals surface area (Å²) < 4.78 is 27.2. The minimum absolute atomic E-state index is 0.0404. The topological polar surface area (TPSA) is 20.2 Å². The van der Waals surface area contributed by atoms with Crippen molar-refractivity contribution in [1.29, 1.82) is 0 Å². The summed E-state index contributed by atoms with van der Waals surface area (Å²) in [6, 6.07) is 9.09. The molecular weight excluding hydrogens is 334 g/mol. The van der Waals surface area contributed by atoms with Crippen LogP contribution in [0.1, 0.15) is 17.2 Å². The smallest absolute Gasteiger partial charge is 0.137 e. The predicted octanol–water partition coefficient (Wildman–Crippen LogP) is 4.53. The number of hydrogen-bond acceptors (Lipinski definition) is 2. The Balaban J connectivity index is 2.37. The fraction of sp³-hybridized carbons (Fsp3) is 0.143. The molecule has 100 valence electrons. The largest absolute Gasteiger partial charge is 0.384 e. The van der Waals surface area contributed by atoms with E-state index in [1.54, 1.807) is 23.9 Å². The van der Waals surface area contributed by atoms with Gasteiger partial charge in [0.05, 0.1) is 4.47 Å². The molecule has 0 aromatic heterocycles. The van der Waals surface area contributed by atoms with Crippen molar-refractivity contribution in [3.8, 4) is 0 Å². The van der Waals surface area contributed by atoms with Crippen LogP contribution in [0.5, 0.6) is 0 Å². The van der Waals surface area contributed by atoms with Gasteiger partial charge in [0.15, 0.2) is 0 Å². The van der Waals surface area contributed by atoms with Crippen LogP contribution in [-0.2, 0) is 0 Å². The van der Waals surface area contributed by atoms with Crippen molar-refractivity contribution in [2.45, 2.75) is 11.0 Å². The minimum atomic E-state index is -1.18. The Kier molecular flexibility index (Phi) is 4.60. The third kappa shape index (κ3) is 3.16. The summed E-state index contributed by atoms with van der Waals surface area (Å²) in [6.07, 6.45) is 0.758. The molecule has 0 aliphatic rings. The van der Waals surface area contributed by atoms with Crippen LogP contribution in [0.3, 0.4) is 0 Å². The quantitative estimate of drug-likeness (QED) is 0.652. The monoisotopic (exact) mass is 344 g/mol. The van der Waals surface area contributed by atoms with Crippen molar-refractivity contribution in [3.63, 3.8) is 0 Å². The van der Waals surface area contributed by atoms with Gasteiger partial charge in [-0.3, -0.25) is 0 Å². The highest BCUT2D eigenvalue weighted by Gasteiger charge is 2.17. The van der Waals surface area contributed by atoms with Crippen LogP contribution in [0.15, 0.2) is 45.8 Å². The molecule has 2 aromatic carbocycles. The maximum atomic E-state index is 13.8. The molecule has 1 N–H and O–H groups in total. The molecule has 0 saturated heterocycles. The van der Waals surface area contributed by atoms with Crippen molar-refractivity contribution in [2.75, 3.05) is 6.26 Å². The lowest BCUT2D eigenvalue weighted by molar-refractivity contribution is 0.214. The molecule has 0 radical (unpaired) electrons. The van der Waals surface area contributed by atoms with Crippen molar-refractivity contribution in [3.05, 3.63) is 63.6 Å². The van der Waals surface area contributed by atoms with Gasteiger partial charge in [0.2, 0.25) is 0 Å². The molecule has 0 amide bonds. The summed E-state index contributed by atoms with van der Waals surface area (Å²) >= 11 is 4.48. The van der Waals surface area contributed by atoms with Gasteiger partial charge in [-0.1, -0.05) is 12.1 Å². The van der Waals surface area contributed by atoms with E-state index in [0.29, 0.717) is 5.56 Å². The van der Waals surface area contributed by atoms with Crippen LogP contribution in [0.2, 0.25) is 0 Å². The van der Waals surface area contributed by atoms with E-state index in [4.69, 9.17) is 0 Å². The van der Waals surface area contributed by atoms with Gasteiger partial charge in [-0.25, -0.2) is 8.78 Å². The lowest BCUT2D eigenvalue weighted by atomic mass is 10.0. The first-order valence-electron chi connectivity index (χ1n) is 5.49. The number of halogens is 3. The first-order valence-corrected chi connectivity index (χ1v) is 7.51. The summed E-state index contributed by atoms with van der Waals surface area (Å²) in [5.74, 6) is -1.24. The van der Waals surface area contributed by atoms with Crippen molar-refractivity contribution in [2.24, 2.45) is 0 Å². The van der Waals surface area contributed by atoms with Crippen LogP contribution in [-0.4, -0.2) is 11.4 Å². The molecular formula is C14H11BrF2OS. The van der Waals surface area contributed by atoms with E-state index in [2.05, 4.69) is 15.9 Å². The molecule has 1 unspecified atom stereocenters. The van der Waals surface area contributed by atoms with Crippen molar-refractivity contribution < 1.29 is 13.9 Å². The van der Waals surface area contributed by atoms with E-state index < -0.39 is 17.7 Å². The lowest BCUT2D eigenvalue weighted by Crippen LogP contribution is -2.03. The molecule has 2 rings (SSSR count). The van der Waals surface area contributed by atoms with E-state index in [1.807, 2.05) is 18.4 Å². The van der Waals surface area contributed by atoms with E-state index in [9.17, 15) is 13.9 Å². The summed E-state index contributed by atoms with van der Waals surface area (Å²) in [5.41, 5.74) is 0.455. The molecule has 1 nitrogen and oxygen atoms in total. The summed E-state index contributed by atoms with van der Waals surface area (Å²) in [6.45, 7) is 0. The molecule has 0 spiro atoms. The standard InChI is InChI=1S/C14H11BrF2OS/c1-19-9-4-2-8(3-5-9)14(18)10-6-13(17)11(15)7-12(10)16/h2-7,14,18H,1H3. The molecule has 19 heavy (non-hydrogen) atoms. The van der Waals surface area contributed by atoms with Gasteiger partial charge in [-0.15, -0.1) is 11.8 Å². The van der Waals surface area contributed by atoms with Gasteiger partial charge in [0.25, 0.3) is 0 Å². The van der Waals surface area contributed by atoms with Gasteiger partial charge in [-0.2, -0.15) is 0 Å². The second-order valence-corrected chi connectivity index (χ2v) is 5.70. The van der Waals surface area contributed by atoms with Crippen LogP contribution in [0, 0.1) is 11.6 Å². The van der Waals surface area contributed by atoms with E-state index in [0.717, 1.165) is 17.0 Å². The van der Waals surface area contributed by atoms with Crippen LogP contribution in [0.4, 0.5) is 8.78 Å². The highest BCUT2D eigenvalue weighted by molar-refractivity contribution is 9.10. The second-order valence-electron chi connectivity index (χ2n) is 3.96. The average Bonchev–Trinajstić information content (AvgIpc) is 2.42. The Morgan fingerprint density at radius 1 is 1.11 bits per heavy atom. The van der Waals surface area contributed by atoms with Crippen LogP contribution >= 0.6 is 27.7 Å². The van der Waals surface area contributed by atoms with Crippen LogP contribution < -0.4 is 0 Å². The number of thioether (sulfide) groups is 1. The van der Waals surface area contributed by atoms with Gasteiger partial charge >= 0.3 is 0 Å². The number of hydrogen-bond donors (Lipinski definition) is 1. The number of rotatable bonds is 3. The zero-order chi connectivity index (χ0) is 14.0. The van der Waals surface area contributed by atoms with Gasteiger partial charge < -0.3 is 5.11 Å². The molecule has 0 saturated carbocycles. The molecule has 0 heterocycles.